The number of aromatic amines is 1. The quantitative estimate of drug-likeness (QED) is 0.637. The molecule has 0 saturated heterocycles. The lowest BCUT2D eigenvalue weighted by molar-refractivity contribution is 0.0520. The first kappa shape index (κ1) is 13.4. The molecule has 1 aromatic carbocycles. The number of rotatable bonds is 2. The van der Waals surface area contributed by atoms with Crippen molar-refractivity contribution in [3.63, 3.8) is 0 Å². The highest BCUT2D eigenvalue weighted by atomic mass is 16.5. The Bertz CT molecular complexity index is 511. The molecule has 3 nitrogen and oxygen atoms in total. The summed E-state index contributed by atoms with van der Waals surface area (Å²) in [7, 11) is 5.63. The number of esters is 1. The maximum Gasteiger partial charge on any atom is 0.354 e. The minimum atomic E-state index is -0.340. The largest absolute Gasteiger partial charge is 0.461 e. The molecule has 0 unspecified atom stereocenters. The van der Waals surface area contributed by atoms with E-state index in [-0.39, 0.29) is 7.40 Å². The maximum absolute atomic E-state index is 11.4. The molecule has 2 aromatic rings. The van der Waals surface area contributed by atoms with Crippen LogP contribution in [0.15, 0.2) is 24.3 Å². The number of fused-ring (bicyclic) bond motifs is 1. The topological polar surface area (TPSA) is 42.1 Å². The summed E-state index contributed by atoms with van der Waals surface area (Å²) in [5.41, 5.74) is 1.97. The van der Waals surface area contributed by atoms with Crippen LogP contribution in [0.4, 0.5) is 0 Å². The molecule has 2 rings (SSSR count). The number of ether oxygens (including phenoxy) is 1. The summed E-state index contributed by atoms with van der Waals surface area (Å²) in [6.45, 7) is 6.15. The number of carbonyl (C=O) groups excluding carboxylic acids is 1. The Kier molecular flexibility index (Phi) is 4.82. The van der Waals surface area contributed by atoms with Gasteiger partial charge >= 0.3 is 5.97 Å². The Hall–Kier alpha value is -1.71. The molecule has 4 heteroatoms. The molecule has 0 amide bonds. The molecule has 0 spiro atoms. The van der Waals surface area contributed by atoms with E-state index in [1.807, 2.05) is 19.9 Å². The summed E-state index contributed by atoms with van der Waals surface area (Å²) in [5, 5.41) is 0.951. The summed E-state index contributed by atoms with van der Waals surface area (Å²) < 4.78 is 4.89. The van der Waals surface area contributed by atoms with E-state index in [2.05, 4.69) is 4.98 Å². The zero-order valence-corrected chi connectivity index (χ0v) is 10.4. The molecule has 0 bridgehead atoms. The number of carbonyl (C=O) groups is 1. The summed E-state index contributed by atoms with van der Waals surface area (Å²) >= 11 is 0. The number of hydrogen-bond acceptors (Lipinski definition) is 2. The van der Waals surface area contributed by atoms with E-state index in [0.29, 0.717) is 17.8 Å². The first-order valence-corrected chi connectivity index (χ1v) is 5.76. The van der Waals surface area contributed by atoms with E-state index in [4.69, 9.17) is 12.6 Å². The molecule has 0 atom stereocenters. The van der Waals surface area contributed by atoms with E-state index in [0.717, 1.165) is 10.9 Å². The van der Waals surface area contributed by atoms with E-state index >= 15 is 0 Å². The third-order valence-electron chi connectivity index (χ3n) is 2.14. The second-order valence-corrected chi connectivity index (χ2v) is 3.25. The fraction of sp³-hybridized carbons (Fsp3) is 0.308. The fourth-order valence-corrected chi connectivity index (χ4v) is 1.46. The predicted molar refractivity (Wildman–Crippen MR) is 73.1 cm³/mol. The summed E-state index contributed by atoms with van der Waals surface area (Å²) in [4.78, 5) is 14.4. The molecule has 2 radical (unpaired) electrons. The monoisotopic (exact) mass is 231 g/mol. The second-order valence-electron chi connectivity index (χ2n) is 3.25. The first-order valence-electron chi connectivity index (χ1n) is 5.76. The van der Waals surface area contributed by atoms with Crippen LogP contribution >= 0.6 is 0 Å². The Morgan fingerprint density at radius 2 is 2.12 bits per heavy atom. The lowest BCUT2D eigenvalue weighted by Gasteiger charge is -1.96. The van der Waals surface area contributed by atoms with Gasteiger partial charge in [-0.3, -0.25) is 0 Å². The molecular weight excluding hydrogens is 213 g/mol. The van der Waals surface area contributed by atoms with Gasteiger partial charge in [0.1, 0.15) is 13.5 Å². The van der Waals surface area contributed by atoms with Gasteiger partial charge in [0.05, 0.1) is 6.61 Å². The van der Waals surface area contributed by atoms with Gasteiger partial charge in [0.25, 0.3) is 0 Å². The molecule has 0 aliphatic carbocycles. The van der Waals surface area contributed by atoms with Crippen molar-refractivity contribution in [1.29, 1.82) is 0 Å². The van der Waals surface area contributed by atoms with Crippen molar-refractivity contribution in [3.8, 4) is 0 Å². The molecule has 1 heterocycles. The van der Waals surface area contributed by atoms with Gasteiger partial charge in [-0.25, -0.2) is 4.79 Å². The summed E-state index contributed by atoms with van der Waals surface area (Å²) in [6.07, 6.45) is 0. The zero-order valence-electron chi connectivity index (χ0n) is 10.4. The molecular formula is C13H18BNO2. The highest BCUT2D eigenvalue weighted by Crippen LogP contribution is 2.14. The molecule has 1 aromatic heterocycles. The van der Waals surface area contributed by atoms with Gasteiger partial charge in [0.2, 0.25) is 0 Å². The van der Waals surface area contributed by atoms with Gasteiger partial charge in [-0.15, -0.1) is 0 Å². The van der Waals surface area contributed by atoms with Crippen LogP contribution in [0.25, 0.3) is 10.9 Å². The van der Waals surface area contributed by atoms with Crippen LogP contribution in [0.2, 0.25) is 0 Å². The van der Waals surface area contributed by atoms with Crippen LogP contribution in [-0.4, -0.2) is 25.4 Å². The third kappa shape index (κ3) is 3.13. The fourth-order valence-electron chi connectivity index (χ4n) is 1.46. The van der Waals surface area contributed by atoms with Crippen molar-refractivity contribution in [2.45, 2.75) is 20.8 Å². The van der Waals surface area contributed by atoms with E-state index in [1.54, 1.807) is 25.1 Å². The Morgan fingerprint density at radius 3 is 2.76 bits per heavy atom. The average molecular weight is 231 g/mol. The Labute approximate surface area is 104 Å². The molecule has 0 aliphatic heterocycles. The van der Waals surface area contributed by atoms with Crippen molar-refractivity contribution in [2.75, 3.05) is 6.61 Å². The molecule has 1 N–H and O–H groups in total. The summed E-state index contributed by atoms with van der Waals surface area (Å²) in [6, 6.07) is 7.21. The number of aromatic nitrogens is 1. The molecule has 90 valence electrons. The normalized spacial score (nSPS) is 9.59. The highest BCUT2D eigenvalue weighted by molar-refractivity contribution is 6.33. The lowest BCUT2D eigenvalue weighted by Crippen LogP contribution is -2.04. The predicted octanol–water partition coefficient (Wildman–Crippen LogP) is 2.41. The van der Waals surface area contributed by atoms with Crippen LogP contribution in [-0.2, 0) is 4.74 Å². The summed E-state index contributed by atoms with van der Waals surface area (Å²) in [5.74, 6) is -0.340. The van der Waals surface area contributed by atoms with Crippen molar-refractivity contribution in [2.24, 2.45) is 0 Å². The third-order valence-corrected chi connectivity index (χ3v) is 2.14. The standard InChI is InChI=1S/C11H10BNO2.C2H6.H2/c1-2-15-11(14)10-5-7-3-4-8(12)6-9(7)13-10;1-2;/h3-6,13H,2H2,1H3;1-2H3;1H. The van der Waals surface area contributed by atoms with Crippen LogP contribution in [0.1, 0.15) is 32.7 Å². The van der Waals surface area contributed by atoms with Gasteiger partial charge in [0.15, 0.2) is 0 Å². The average Bonchev–Trinajstić information content (AvgIpc) is 2.75. The van der Waals surface area contributed by atoms with Crippen LogP contribution < -0.4 is 5.46 Å². The van der Waals surface area contributed by atoms with Crippen LogP contribution in [0.5, 0.6) is 0 Å². The van der Waals surface area contributed by atoms with Gasteiger partial charge < -0.3 is 9.72 Å². The van der Waals surface area contributed by atoms with E-state index in [9.17, 15) is 4.79 Å². The first-order chi connectivity index (χ1) is 8.20. The van der Waals surface area contributed by atoms with Gasteiger partial charge in [0, 0.05) is 12.3 Å². The van der Waals surface area contributed by atoms with Crippen molar-refractivity contribution in [3.05, 3.63) is 30.0 Å². The number of nitrogens with one attached hydrogen (secondary N) is 1. The van der Waals surface area contributed by atoms with Gasteiger partial charge in [-0.2, -0.15) is 0 Å². The minimum absolute atomic E-state index is 0. The van der Waals surface area contributed by atoms with Crippen LogP contribution in [0.3, 0.4) is 0 Å². The van der Waals surface area contributed by atoms with Crippen LogP contribution in [0, 0.1) is 0 Å². The van der Waals surface area contributed by atoms with E-state index < -0.39 is 0 Å². The maximum atomic E-state index is 11.4. The number of H-pyrrole nitrogens is 1. The SMILES string of the molecule is CC.[B]c1ccc2cc(C(=O)OCC)[nH]c2c1.[HH]. The van der Waals surface area contributed by atoms with Crippen molar-refractivity contribution < 1.29 is 11.0 Å². The molecule has 17 heavy (non-hydrogen) atoms. The molecule has 0 fully saturated rings. The lowest BCUT2D eigenvalue weighted by atomic mass is 9.96. The van der Waals surface area contributed by atoms with Gasteiger partial charge in [-0.05, 0) is 19.1 Å². The smallest absolute Gasteiger partial charge is 0.354 e. The highest BCUT2D eigenvalue weighted by Gasteiger charge is 2.09. The van der Waals surface area contributed by atoms with E-state index in [1.165, 1.54) is 0 Å². The Morgan fingerprint density at radius 1 is 1.41 bits per heavy atom. The second kappa shape index (κ2) is 6.13. The zero-order chi connectivity index (χ0) is 12.8. The van der Waals surface area contributed by atoms with Crippen molar-refractivity contribution in [1.82, 2.24) is 4.98 Å². The Balaban J connectivity index is 0.000000917. The molecule has 0 saturated carbocycles. The van der Waals surface area contributed by atoms with Gasteiger partial charge in [-0.1, -0.05) is 31.4 Å². The number of benzene rings is 1. The molecule has 0 aliphatic rings. The minimum Gasteiger partial charge on any atom is -0.461 e. The number of hydrogen-bond donors (Lipinski definition) is 1. The van der Waals surface area contributed by atoms with Crippen molar-refractivity contribution >= 4 is 30.2 Å².